The molecule has 0 amide bonds. The average molecular weight is 265 g/mol. The van der Waals surface area contributed by atoms with E-state index in [1.165, 1.54) is 0 Å². The highest BCUT2D eigenvalue weighted by atomic mass is 35.5. The Kier molecular flexibility index (Phi) is 6.64. The number of anilines is 1. The summed E-state index contributed by atoms with van der Waals surface area (Å²) < 4.78 is 0. The lowest BCUT2D eigenvalue weighted by molar-refractivity contribution is 0.311. The van der Waals surface area contributed by atoms with Crippen LogP contribution in [0.5, 0.6) is 0 Å². The van der Waals surface area contributed by atoms with E-state index in [1.54, 1.807) is 0 Å². The van der Waals surface area contributed by atoms with Gasteiger partial charge in [0.25, 0.3) is 0 Å². The van der Waals surface area contributed by atoms with Gasteiger partial charge in [0.1, 0.15) is 0 Å². The Balaban J connectivity index is 0.00000112. The van der Waals surface area contributed by atoms with Gasteiger partial charge in [0.15, 0.2) is 0 Å². The van der Waals surface area contributed by atoms with Gasteiger partial charge in [0, 0.05) is 38.6 Å². The molecule has 0 N–H and O–H groups in total. The van der Waals surface area contributed by atoms with Crippen molar-refractivity contribution in [3.05, 3.63) is 18.0 Å². The lowest BCUT2D eigenvalue weighted by atomic mass is 10.3. The fraction of sp³-hybridized carbons (Fsp3) is 0.600. The molecule has 2 rings (SSSR count). The number of nitrogens with zero attached hydrogens (tertiary/aromatic N) is 4. The molecule has 4 nitrogen and oxygen atoms in total. The lowest BCUT2D eigenvalue weighted by Gasteiger charge is -2.32. The third kappa shape index (κ3) is 3.77. The summed E-state index contributed by atoms with van der Waals surface area (Å²) in [6, 6.07) is 0. The minimum Gasteiger partial charge on any atom is -0.338 e. The van der Waals surface area contributed by atoms with Gasteiger partial charge in [-0.3, -0.25) is 0 Å². The van der Waals surface area contributed by atoms with E-state index >= 15 is 0 Å². The number of halogens is 2. The number of aryl methyl sites for hydroxylation is 1. The zero-order chi connectivity index (χ0) is 9.97. The number of piperazine rings is 1. The van der Waals surface area contributed by atoms with Gasteiger partial charge in [-0.1, -0.05) is 0 Å². The molecular formula is C10H18Cl2N4. The molecule has 0 atom stereocenters. The molecule has 1 saturated heterocycles. The van der Waals surface area contributed by atoms with Crippen molar-refractivity contribution in [1.29, 1.82) is 0 Å². The highest BCUT2D eigenvalue weighted by Crippen LogP contribution is 2.09. The molecule has 1 aromatic heterocycles. The van der Waals surface area contributed by atoms with Crippen LogP contribution >= 0.6 is 24.8 Å². The first-order valence-corrected chi connectivity index (χ1v) is 4.98. The van der Waals surface area contributed by atoms with Gasteiger partial charge >= 0.3 is 0 Å². The number of aromatic nitrogens is 2. The first-order chi connectivity index (χ1) is 6.75. The van der Waals surface area contributed by atoms with Gasteiger partial charge in [0.05, 0.1) is 0 Å². The maximum atomic E-state index is 4.32. The van der Waals surface area contributed by atoms with Crippen molar-refractivity contribution >= 4 is 30.8 Å². The minimum atomic E-state index is 0. The van der Waals surface area contributed by atoms with Crippen molar-refractivity contribution in [3.8, 4) is 0 Å². The van der Waals surface area contributed by atoms with E-state index in [4.69, 9.17) is 0 Å². The van der Waals surface area contributed by atoms with Crippen LogP contribution in [0.25, 0.3) is 0 Å². The van der Waals surface area contributed by atoms with Gasteiger partial charge in [-0.05, 0) is 19.5 Å². The fourth-order valence-corrected chi connectivity index (χ4v) is 1.56. The van der Waals surface area contributed by atoms with Crippen molar-refractivity contribution in [2.45, 2.75) is 6.92 Å². The number of hydrogen-bond acceptors (Lipinski definition) is 4. The standard InChI is InChI=1S/C10H16N4.2ClH/c1-9-7-11-10(12-8-9)14-5-3-13(2)4-6-14;;/h7-8H,3-6H2,1-2H3;2*1H. The molecule has 6 heteroatoms. The molecule has 2 heterocycles. The van der Waals surface area contributed by atoms with Gasteiger partial charge in [-0.25, -0.2) is 9.97 Å². The maximum Gasteiger partial charge on any atom is 0.225 e. The van der Waals surface area contributed by atoms with Gasteiger partial charge in [0.2, 0.25) is 5.95 Å². The molecule has 1 aliphatic rings. The van der Waals surface area contributed by atoms with Crippen LogP contribution in [0.4, 0.5) is 5.95 Å². The Morgan fingerprint density at radius 2 is 1.50 bits per heavy atom. The minimum absolute atomic E-state index is 0. The molecule has 1 aliphatic heterocycles. The molecule has 0 radical (unpaired) electrons. The van der Waals surface area contributed by atoms with Crippen LogP contribution in [-0.4, -0.2) is 48.1 Å². The summed E-state index contributed by atoms with van der Waals surface area (Å²) in [7, 11) is 2.15. The van der Waals surface area contributed by atoms with E-state index in [-0.39, 0.29) is 24.8 Å². The summed E-state index contributed by atoms with van der Waals surface area (Å²) in [5.74, 6) is 0.865. The lowest BCUT2D eigenvalue weighted by Crippen LogP contribution is -2.45. The fourth-order valence-electron chi connectivity index (χ4n) is 1.56. The highest BCUT2D eigenvalue weighted by molar-refractivity contribution is 5.85. The average Bonchev–Trinajstić information content (AvgIpc) is 2.21. The van der Waals surface area contributed by atoms with Crippen LogP contribution in [0.15, 0.2) is 12.4 Å². The molecule has 0 saturated carbocycles. The van der Waals surface area contributed by atoms with Crippen LogP contribution in [0.2, 0.25) is 0 Å². The van der Waals surface area contributed by atoms with Crippen molar-refractivity contribution in [2.75, 3.05) is 38.1 Å². The van der Waals surface area contributed by atoms with Crippen LogP contribution in [0.1, 0.15) is 5.56 Å². The van der Waals surface area contributed by atoms with E-state index in [0.29, 0.717) is 0 Å². The molecule has 0 aliphatic carbocycles. The quantitative estimate of drug-likeness (QED) is 0.768. The van der Waals surface area contributed by atoms with Crippen molar-refractivity contribution in [1.82, 2.24) is 14.9 Å². The van der Waals surface area contributed by atoms with E-state index in [1.807, 2.05) is 19.3 Å². The molecule has 0 bridgehead atoms. The SMILES string of the molecule is Cc1cnc(N2CCN(C)CC2)nc1.Cl.Cl. The highest BCUT2D eigenvalue weighted by Gasteiger charge is 2.15. The summed E-state index contributed by atoms with van der Waals surface area (Å²) in [5, 5.41) is 0. The van der Waals surface area contributed by atoms with E-state index in [0.717, 1.165) is 37.7 Å². The Labute approximate surface area is 109 Å². The van der Waals surface area contributed by atoms with Crippen molar-refractivity contribution < 1.29 is 0 Å². The molecule has 0 spiro atoms. The third-order valence-corrected chi connectivity index (χ3v) is 2.55. The normalized spacial score (nSPS) is 16.2. The Bertz CT molecular complexity index is 296. The molecular weight excluding hydrogens is 247 g/mol. The predicted molar refractivity (Wildman–Crippen MR) is 71.0 cm³/mol. The number of rotatable bonds is 1. The van der Waals surface area contributed by atoms with Crippen LogP contribution < -0.4 is 4.90 Å². The largest absolute Gasteiger partial charge is 0.338 e. The first kappa shape index (κ1) is 15.4. The smallest absolute Gasteiger partial charge is 0.225 e. The number of likely N-dealkylation sites (N-methyl/N-ethyl adjacent to an activating group) is 1. The molecule has 0 aromatic carbocycles. The van der Waals surface area contributed by atoms with Crippen LogP contribution in [0, 0.1) is 6.92 Å². The molecule has 1 aromatic rings. The van der Waals surface area contributed by atoms with E-state index in [9.17, 15) is 0 Å². The summed E-state index contributed by atoms with van der Waals surface area (Å²) in [6.07, 6.45) is 3.75. The molecule has 16 heavy (non-hydrogen) atoms. The third-order valence-electron chi connectivity index (χ3n) is 2.55. The second-order valence-electron chi connectivity index (χ2n) is 3.85. The summed E-state index contributed by atoms with van der Waals surface area (Å²) >= 11 is 0. The van der Waals surface area contributed by atoms with Gasteiger partial charge in [-0.2, -0.15) is 0 Å². The topological polar surface area (TPSA) is 32.3 Å². The Morgan fingerprint density at radius 1 is 1.00 bits per heavy atom. The molecule has 1 fully saturated rings. The summed E-state index contributed by atoms with van der Waals surface area (Å²) in [5.41, 5.74) is 1.11. The summed E-state index contributed by atoms with van der Waals surface area (Å²) in [4.78, 5) is 13.2. The van der Waals surface area contributed by atoms with Gasteiger partial charge < -0.3 is 9.80 Å². The van der Waals surface area contributed by atoms with E-state index in [2.05, 4.69) is 26.8 Å². The van der Waals surface area contributed by atoms with Crippen molar-refractivity contribution in [3.63, 3.8) is 0 Å². The van der Waals surface area contributed by atoms with Crippen LogP contribution in [0.3, 0.4) is 0 Å². The zero-order valence-corrected chi connectivity index (χ0v) is 11.2. The second kappa shape index (κ2) is 6.89. The Morgan fingerprint density at radius 3 is 2.00 bits per heavy atom. The predicted octanol–water partition coefficient (Wildman–Crippen LogP) is 1.38. The monoisotopic (exact) mass is 264 g/mol. The first-order valence-electron chi connectivity index (χ1n) is 4.98. The van der Waals surface area contributed by atoms with E-state index < -0.39 is 0 Å². The maximum absolute atomic E-state index is 4.32. The number of hydrogen-bond donors (Lipinski definition) is 0. The summed E-state index contributed by atoms with van der Waals surface area (Å²) in [6.45, 7) is 6.25. The Hall–Kier alpha value is -0.580. The molecule has 92 valence electrons. The van der Waals surface area contributed by atoms with Crippen molar-refractivity contribution in [2.24, 2.45) is 0 Å². The second-order valence-corrected chi connectivity index (χ2v) is 3.85. The molecule has 0 unspecified atom stereocenters. The van der Waals surface area contributed by atoms with Gasteiger partial charge in [-0.15, -0.1) is 24.8 Å². The zero-order valence-electron chi connectivity index (χ0n) is 9.59. The van der Waals surface area contributed by atoms with Crippen LogP contribution in [-0.2, 0) is 0 Å².